The fourth-order valence-electron chi connectivity index (χ4n) is 4.53. The number of carbonyl (C=O) groups excluding carboxylic acids is 1. The van der Waals surface area contributed by atoms with Crippen LogP contribution in [0.1, 0.15) is 15.9 Å². The molecule has 0 saturated carbocycles. The number of hydrogen-bond acceptors (Lipinski definition) is 4. The van der Waals surface area contributed by atoms with Crippen molar-refractivity contribution >= 4 is 40.0 Å². The molecule has 5 aromatic rings. The van der Waals surface area contributed by atoms with Crippen LogP contribution in [0.15, 0.2) is 108 Å². The third-order valence-corrected chi connectivity index (χ3v) is 7.38. The van der Waals surface area contributed by atoms with Crippen LogP contribution in [-0.4, -0.2) is 30.3 Å². The van der Waals surface area contributed by atoms with Crippen molar-refractivity contribution in [2.24, 2.45) is 0 Å². The molecule has 196 valence electrons. The zero-order chi connectivity index (χ0) is 27.4. The zero-order valence-electron chi connectivity index (χ0n) is 21.6. The van der Waals surface area contributed by atoms with Crippen molar-refractivity contribution in [2.45, 2.75) is 0 Å². The first-order valence-electron chi connectivity index (χ1n) is 12.4. The highest BCUT2D eigenvalue weighted by Gasteiger charge is 2.26. The maximum absolute atomic E-state index is 13.7. The molecule has 0 bridgehead atoms. The van der Waals surface area contributed by atoms with Gasteiger partial charge in [0.2, 0.25) is 0 Å². The van der Waals surface area contributed by atoms with Crippen LogP contribution in [0.2, 0.25) is 0 Å². The summed E-state index contributed by atoms with van der Waals surface area (Å²) < 4.78 is 34.8. The van der Waals surface area contributed by atoms with Crippen LogP contribution >= 0.6 is 0 Å². The predicted octanol–water partition coefficient (Wildman–Crippen LogP) is 7.08. The van der Waals surface area contributed by atoms with Gasteiger partial charge in [-0.1, -0.05) is 72.8 Å². The quantitative estimate of drug-likeness (QED) is 0.214. The molecule has 0 aliphatic rings. The summed E-state index contributed by atoms with van der Waals surface area (Å²) in [5.74, 6) is -0.357. The number of rotatable bonds is 8. The Hall–Kier alpha value is -4.33. The second-order valence-electron chi connectivity index (χ2n) is 8.92. The first-order chi connectivity index (χ1) is 19.0. The maximum atomic E-state index is 13.7. The van der Waals surface area contributed by atoms with Gasteiger partial charge in [-0.05, 0) is 41.5 Å². The van der Waals surface area contributed by atoms with Crippen molar-refractivity contribution in [3.8, 4) is 22.5 Å². The normalized spacial score (nSPS) is 12.1. The Morgan fingerprint density at radius 3 is 2.28 bits per heavy atom. The second-order valence-corrected chi connectivity index (χ2v) is 10.2. The molecule has 5 rings (SSSR count). The minimum atomic E-state index is -1.37. The van der Waals surface area contributed by atoms with Gasteiger partial charge in [-0.15, -0.1) is 0 Å². The molecule has 39 heavy (non-hydrogen) atoms. The Morgan fingerprint density at radius 2 is 1.64 bits per heavy atom. The number of hydrogen-bond donors (Lipinski definition) is 1. The van der Waals surface area contributed by atoms with E-state index in [1.165, 1.54) is 12.1 Å². The lowest BCUT2D eigenvalue weighted by atomic mass is 9.98. The minimum absolute atomic E-state index is 0.318. The largest absolute Gasteiger partial charge is 0.593 e. The van der Waals surface area contributed by atoms with Crippen LogP contribution in [0.25, 0.3) is 39.5 Å². The van der Waals surface area contributed by atoms with Crippen molar-refractivity contribution in [3.05, 3.63) is 120 Å². The number of anilines is 1. The molecule has 1 atom stereocenters. The van der Waals surface area contributed by atoms with Crippen LogP contribution < -0.4 is 9.62 Å². The molecule has 1 N–H and O–H groups in total. The first kappa shape index (κ1) is 26.3. The molecule has 1 unspecified atom stereocenters. The summed E-state index contributed by atoms with van der Waals surface area (Å²) in [6.45, 7) is 0.386. The zero-order valence-corrected chi connectivity index (χ0v) is 22.4. The number of nitrogens with one attached hydrogen (secondary N) is 1. The molecule has 0 fully saturated rings. The summed E-state index contributed by atoms with van der Waals surface area (Å²) in [6.07, 6.45) is 5.60. The maximum Gasteiger partial charge on any atom is 0.255 e. The third-order valence-electron chi connectivity index (χ3n) is 6.41. The van der Waals surface area contributed by atoms with E-state index in [4.69, 9.17) is 4.42 Å². The van der Waals surface area contributed by atoms with Gasteiger partial charge < -0.3 is 14.3 Å². The number of carbonyl (C=O) groups is 1. The second kappa shape index (κ2) is 11.6. The van der Waals surface area contributed by atoms with Gasteiger partial charge in [-0.2, -0.15) is 4.31 Å². The lowest BCUT2D eigenvalue weighted by Gasteiger charge is -2.25. The molecule has 1 aromatic heterocycles. The van der Waals surface area contributed by atoms with E-state index < -0.39 is 11.4 Å². The van der Waals surface area contributed by atoms with Crippen LogP contribution in [0.5, 0.6) is 0 Å². The summed E-state index contributed by atoms with van der Waals surface area (Å²) in [6, 6.07) is 29.2. The van der Waals surface area contributed by atoms with Crippen LogP contribution in [0.4, 0.5) is 10.1 Å². The summed E-state index contributed by atoms with van der Waals surface area (Å²) in [7, 11) is 1.56. The number of amides is 1. The van der Waals surface area contributed by atoms with E-state index >= 15 is 0 Å². The molecule has 0 radical (unpaired) electrons. The Kier molecular flexibility index (Phi) is 7.81. The van der Waals surface area contributed by atoms with Crippen molar-refractivity contribution in [2.75, 3.05) is 24.2 Å². The van der Waals surface area contributed by atoms with Gasteiger partial charge in [0.15, 0.2) is 0 Å². The van der Waals surface area contributed by atoms with Gasteiger partial charge in [-0.3, -0.25) is 4.79 Å². The van der Waals surface area contributed by atoms with E-state index in [1.54, 1.807) is 29.7 Å². The predicted molar refractivity (Wildman–Crippen MR) is 157 cm³/mol. The van der Waals surface area contributed by atoms with Crippen molar-refractivity contribution < 1.29 is 18.2 Å². The Labute approximate surface area is 229 Å². The van der Waals surface area contributed by atoms with E-state index in [9.17, 15) is 13.7 Å². The molecule has 5 nitrogen and oxygen atoms in total. The van der Waals surface area contributed by atoms with Gasteiger partial charge in [-0.25, -0.2) is 4.39 Å². The van der Waals surface area contributed by atoms with Gasteiger partial charge >= 0.3 is 0 Å². The number of furan rings is 1. The fraction of sp³-hybridized carbons (Fsp3) is 0.0938. The minimum Gasteiger partial charge on any atom is -0.593 e. The molecule has 4 aromatic carbocycles. The molecule has 0 aliphatic carbocycles. The van der Waals surface area contributed by atoms with Crippen molar-refractivity contribution in [1.29, 1.82) is 0 Å². The molecular formula is C32H27FN2O3S. The average Bonchev–Trinajstić information content (AvgIpc) is 3.34. The molecule has 0 spiro atoms. The Balaban J connectivity index is 1.70. The van der Waals surface area contributed by atoms with Gasteiger partial charge in [0.05, 0.1) is 29.2 Å². The SMILES string of the molecule is CNC(=O)c1c(-c2ccc(F)cc2)oc2cc(N(C/C=C/c3ccccc3)[S+](C)[O-])c(-c3ccccc3)cc12. The molecule has 1 heterocycles. The monoisotopic (exact) mass is 538 g/mol. The fourth-order valence-corrected chi connectivity index (χ4v) is 5.26. The third kappa shape index (κ3) is 5.60. The summed E-state index contributed by atoms with van der Waals surface area (Å²) in [5.41, 5.74) is 4.86. The Bertz CT molecular complexity index is 1610. The Morgan fingerprint density at radius 1 is 0.974 bits per heavy atom. The van der Waals surface area contributed by atoms with E-state index in [-0.39, 0.29) is 11.7 Å². The summed E-state index contributed by atoms with van der Waals surface area (Å²) in [5, 5.41) is 3.31. The van der Waals surface area contributed by atoms with Crippen LogP contribution in [0.3, 0.4) is 0 Å². The van der Waals surface area contributed by atoms with E-state index in [0.29, 0.717) is 40.1 Å². The lowest BCUT2D eigenvalue weighted by Crippen LogP contribution is -2.30. The molecule has 0 aliphatic heterocycles. The highest BCUT2D eigenvalue weighted by molar-refractivity contribution is 7.92. The van der Waals surface area contributed by atoms with Gasteiger partial charge in [0.1, 0.15) is 23.4 Å². The van der Waals surface area contributed by atoms with E-state index in [0.717, 1.165) is 16.7 Å². The average molecular weight is 539 g/mol. The van der Waals surface area contributed by atoms with Gasteiger partial charge in [0.25, 0.3) is 5.91 Å². The highest BCUT2D eigenvalue weighted by Crippen LogP contribution is 2.41. The molecule has 0 saturated heterocycles. The van der Waals surface area contributed by atoms with Gasteiger partial charge in [0, 0.05) is 29.6 Å². The highest BCUT2D eigenvalue weighted by atomic mass is 32.2. The molecule has 7 heteroatoms. The lowest BCUT2D eigenvalue weighted by molar-refractivity contribution is 0.0964. The number of nitrogens with zero attached hydrogens (tertiary/aromatic N) is 1. The number of fused-ring (bicyclic) bond motifs is 1. The van der Waals surface area contributed by atoms with E-state index in [2.05, 4.69) is 5.32 Å². The first-order valence-corrected chi connectivity index (χ1v) is 13.9. The standard InChI is InChI=1S/C32H27FN2O3S/c1-34-32(36)30-27-20-26(23-13-7-4-8-14-23)28(21-29(27)38-31(30)24-15-17-25(33)18-16-24)35(39(2)37)19-9-12-22-10-5-3-6-11-22/h3-18,20-21H,19H2,1-2H3,(H,34,36)/b12-9+. The number of halogens is 1. The summed E-state index contributed by atoms with van der Waals surface area (Å²) >= 11 is -1.37. The van der Waals surface area contributed by atoms with Crippen molar-refractivity contribution in [1.82, 2.24) is 5.32 Å². The number of benzene rings is 4. The van der Waals surface area contributed by atoms with Crippen LogP contribution in [0, 0.1) is 5.82 Å². The smallest absolute Gasteiger partial charge is 0.255 e. The molecular weight excluding hydrogens is 511 g/mol. The topological polar surface area (TPSA) is 68.5 Å². The van der Waals surface area contributed by atoms with Crippen LogP contribution in [-0.2, 0) is 11.4 Å². The van der Waals surface area contributed by atoms with E-state index in [1.807, 2.05) is 84.9 Å². The molecule has 1 amide bonds. The summed E-state index contributed by atoms with van der Waals surface area (Å²) in [4.78, 5) is 13.1. The van der Waals surface area contributed by atoms with Crippen molar-refractivity contribution in [3.63, 3.8) is 0 Å².